The van der Waals surface area contributed by atoms with E-state index in [2.05, 4.69) is 30.8 Å². The Balaban J connectivity index is 1.47. The Kier molecular flexibility index (Phi) is 5.62. The summed E-state index contributed by atoms with van der Waals surface area (Å²) in [5, 5.41) is 15.1. The van der Waals surface area contributed by atoms with Crippen LogP contribution in [0.5, 0.6) is 0 Å². The van der Waals surface area contributed by atoms with Gasteiger partial charge in [0.05, 0.1) is 5.25 Å². The Labute approximate surface area is 176 Å². The first kappa shape index (κ1) is 19.8. The van der Waals surface area contributed by atoms with Gasteiger partial charge < -0.3 is 15.6 Å². The lowest BCUT2D eigenvalue weighted by atomic mass is 10.2. The van der Waals surface area contributed by atoms with E-state index in [-0.39, 0.29) is 17.1 Å². The van der Waals surface area contributed by atoms with E-state index >= 15 is 0 Å². The first-order valence-corrected chi connectivity index (χ1v) is 10.4. The Hall–Kier alpha value is -3.46. The molecule has 1 atom stereocenters. The molecule has 2 amide bonds. The minimum atomic E-state index is -0.372. The Morgan fingerprint density at radius 1 is 1.03 bits per heavy atom. The third-order valence-corrected chi connectivity index (χ3v) is 5.70. The molecular formula is C21H20N6O2S. The molecule has 0 aliphatic carbocycles. The number of hydrogen-bond donors (Lipinski definition) is 3. The molecular weight excluding hydrogens is 400 g/mol. The molecule has 2 heterocycles. The molecule has 2 aromatic heterocycles. The molecule has 0 spiro atoms. The van der Waals surface area contributed by atoms with Crippen molar-refractivity contribution in [3.8, 4) is 0 Å². The van der Waals surface area contributed by atoms with E-state index in [9.17, 15) is 9.59 Å². The fraction of sp³-hybridized carbons (Fsp3) is 0.190. The van der Waals surface area contributed by atoms with Crippen LogP contribution in [0.1, 0.15) is 20.3 Å². The van der Waals surface area contributed by atoms with Crippen LogP contribution in [0.15, 0.2) is 53.7 Å². The van der Waals surface area contributed by atoms with Crippen LogP contribution in [-0.4, -0.2) is 37.2 Å². The van der Waals surface area contributed by atoms with Crippen molar-refractivity contribution in [3.05, 3.63) is 48.5 Å². The number of rotatable bonds is 6. The number of aromatic nitrogens is 4. The van der Waals surface area contributed by atoms with Crippen molar-refractivity contribution >= 4 is 57.0 Å². The van der Waals surface area contributed by atoms with Gasteiger partial charge in [0, 0.05) is 29.2 Å². The summed E-state index contributed by atoms with van der Waals surface area (Å²) in [5.41, 5.74) is 3.64. The Bertz CT molecular complexity index is 1220. The predicted octanol–water partition coefficient (Wildman–Crippen LogP) is 3.97. The SMILES string of the molecule is CC[C@@H](Sc1nnc2c(n1)[nH]c1ccccc12)C(=O)Nc1ccc(NC(C)=O)cc1. The van der Waals surface area contributed by atoms with E-state index in [1.807, 2.05) is 31.2 Å². The number of hydrogen-bond acceptors (Lipinski definition) is 6. The summed E-state index contributed by atoms with van der Waals surface area (Å²) in [7, 11) is 0. The predicted molar refractivity (Wildman–Crippen MR) is 119 cm³/mol. The van der Waals surface area contributed by atoms with Gasteiger partial charge in [-0.2, -0.15) is 0 Å². The number of thioether (sulfide) groups is 1. The molecule has 3 N–H and O–H groups in total. The van der Waals surface area contributed by atoms with Gasteiger partial charge >= 0.3 is 0 Å². The van der Waals surface area contributed by atoms with Gasteiger partial charge in [-0.15, -0.1) is 10.2 Å². The van der Waals surface area contributed by atoms with Crippen LogP contribution in [0.4, 0.5) is 11.4 Å². The van der Waals surface area contributed by atoms with Crippen molar-refractivity contribution in [1.29, 1.82) is 0 Å². The second kappa shape index (κ2) is 8.50. The molecule has 0 saturated carbocycles. The molecule has 4 aromatic rings. The monoisotopic (exact) mass is 420 g/mol. The van der Waals surface area contributed by atoms with Crippen molar-refractivity contribution in [2.24, 2.45) is 0 Å². The minimum absolute atomic E-state index is 0.143. The third-order valence-electron chi connectivity index (χ3n) is 4.49. The lowest BCUT2D eigenvalue weighted by Gasteiger charge is -2.14. The third kappa shape index (κ3) is 4.25. The largest absolute Gasteiger partial charge is 0.338 e. The van der Waals surface area contributed by atoms with E-state index in [4.69, 9.17) is 0 Å². The molecule has 0 aliphatic rings. The van der Waals surface area contributed by atoms with Gasteiger partial charge in [0.15, 0.2) is 5.65 Å². The smallest absolute Gasteiger partial charge is 0.237 e. The summed E-state index contributed by atoms with van der Waals surface area (Å²) < 4.78 is 0. The Morgan fingerprint density at radius 2 is 1.73 bits per heavy atom. The van der Waals surface area contributed by atoms with Gasteiger partial charge in [0.1, 0.15) is 5.52 Å². The summed E-state index contributed by atoms with van der Waals surface area (Å²) >= 11 is 1.28. The number of fused-ring (bicyclic) bond motifs is 3. The molecule has 4 rings (SSSR count). The maximum atomic E-state index is 12.7. The molecule has 0 fully saturated rings. The quantitative estimate of drug-likeness (QED) is 0.407. The zero-order valence-electron chi connectivity index (χ0n) is 16.5. The van der Waals surface area contributed by atoms with Crippen molar-refractivity contribution in [2.45, 2.75) is 30.7 Å². The number of H-pyrrole nitrogens is 1. The number of aromatic amines is 1. The van der Waals surface area contributed by atoms with E-state index in [1.54, 1.807) is 24.3 Å². The van der Waals surface area contributed by atoms with Gasteiger partial charge in [0.2, 0.25) is 17.0 Å². The molecule has 0 aliphatic heterocycles. The summed E-state index contributed by atoms with van der Waals surface area (Å²) in [6.07, 6.45) is 0.606. The van der Waals surface area contributed by atoms with Crippen LogP contribution >= 0.6 is 11.8 Å². The van der Waals surface area contributed by atoms with Crippen LogP contribution in [0.25, 0.3) is 22.1 Å². The van der Waals surface area contributed by atoms with Crippen molar-refractivity contribution in [2.75, 3.05) is 10.6 Å². The number of carbonyl (C=O) groups is 2. The second-order valence-electron chi connectivity index (χ2n) is 6.72. The van der Waals surface area contributed by atoms with Gasteiger partial charge in [0.25, 0.3) is 0 Å². The summed E-state index contributed by atoms with van der Waals surface area (Å²) in [5.74, 6) is -0.287. The molecule has 0 radical (unpaired) electrons. The van der Waals surface area contributed by atoms with Gasteiger partial charge in [-0.1, -0.05) is 36.9 Å². The highest BCUT2D eigenvalue weighted by Gasteiger charge is 2.20. The molecule has 0 unspecified atom stereocenters. The van der Waals surface area contributed by atoms with E-state index in [0.717, 1.165) is 10.9 Å². The fourth-order valence-electron chi connectivity index (χ4n) is 3.07. The lowest BCUT2D eigenvalue weighted by Crippen LogP contribution is -2.24. The zero-order valence-corrected chi connectivity index (χ0v) is 17.3. The molecule has 152 valence electrons. The van der Waals surface area contributed by atoms with Crippen LogP contribution in [-0.2, 0) is 9.59 Å². The number of anilines is 2. The fourth-order valence-corrected chi connectivity index (χ4v) is 3.89. The lowest BCUT2D eigenvalue weighted by molar-refractivity contribution is -0.116. The molecule has 2 aromatic carbocycles. The normalized spacial score (nSPS) is 12.1. The second-order valence-corrected chi connectivity index (χ2v) is 7.89. The number of benzene rings is 2. The van der Waals surface area contributed by atoms with Gasteiger partial charge in [-0.25, -0.2) is 4.98 Å². The summed E-state index contributed by atoms with van der Waals surface area (Å²) in [6.45, 7) is 3.38. The van der Waals surface area contributed by atoms with Gasteiger partial charge in [-0.3, -0.25) is 9.59 Å². The zero-order chi connectivity index (χ0) is 21.1. The standard InChI is InChI=1S/C21H20N6O2S/c1-3-17(20(29)23-14-10-8-13(9-11-14)22-12(2)28)30-21-25-19-18(26-27-21)15-6-4-5-7-16(15)24-19/h4-11,17H,3H2,1-2H3,(H,22,28)(H,23,29)(H,24,25,27)/t17-/m1/s1. The first-order chi connectivity index (χ1) is 14.5. The average molecular weight is 420 g/mol. The van der Waals surface area contributed by atoms with Crippen LogP contribution in [0.2, 0.25) is 0 Å². The molecule has 0 bridgehead atoms. The highest BCUT2D eigenvalue weighted by atomic mass is 32.2. The molecule has 9 heteroatoms. The van der Waals surface area contributed by atoms with Crippen molar-refractivity contribution < 1.29 is 9.59 Å². The summed E-state index contributed by atoms with van der Waals surface area (Å²) in [4.78, 5) is 31.6. The number of para-hydroxylation sites is 1. The molecule has 30 heavy (non-hydrogen) atoms. The first-order valence-electron chi connectivity index (χ1n) is 9.50. The number of nitrogens with zero attached hydrogens (tertiary/aromatic N) is 3. The van der Waals surface area contributed by atoms with Gasteiger partial charge in [-0.05, 0) is 36.8 Å². The summed E-state index contributed by atoms with van der Waals surface area (Å²) in [6, 6.07) is 14.8. The molecule has 0 saturated heterocycles. The number of carbonyl (C=O) groups excluding carboxylic acids is 2. The highest BCUT2D eigenvalue weighted by molar-refractivity contribution is 8.00. The Morgan fingerprint density at radius 3 is 2.43 bits per heavy atom. The van der Waals surface area contributed by atoms with Crippen molar-refractivity contribution in [1.82, 2.24) is 20.2 Å². The minimum Gasteiger partial charge on any atom is -0.338 e. The highest BCUT2D eigenvalue weighted by Crippen LogP contribution is 2.27. The topological polar surface area (TPSA) is 113 Å². The van der Waals surface area contributed by atoms with Crippen LogP contribution in [0.3, 0.4) is 0 Å². The van der Waals surface area contributed by atoms with Crippen molar-refractivity contribution in [3.63, 3.8) is 0 Å². The number of amides is 2. The molecule has 8 nitrogen and oxygen atoms in total. The maximum Gasteiger partial charge on any atom is 0.237 e. The van der Waals surface area contributed by atoms with E-state index in [0.29, 0.717) is 34.1 Å². The number of nitrogens with one attached hydrogen (secondary N) is 3. The average Bonchev–Trinajstić information content (AvgIpc) is 3.10. The van der Waals surface area contributed by atoms with E-state index < -0.39 is 0 Å². The maximum absolute atomic E-state index is 12.7. The van der Waals surface area contributed by atoms with Crippen LogP contribution in [0, 0.1) is 0 Å². The van der Waals surface area contributed by atoms with E-state index in [1.165, 1.54) is 18.7 Å². The van der Waals surface area contributed by atoms with Crippen LogP contribution < -0.4 is 10.6 Å².